The summed E-state index contributed by atoms with van der Waals surface area (Å²) in [6, 6.07) is 14.7. The van der Waals surface area contributed by atoms with Crippen molar-refractivity contribution in [1.29, 1.82) is 0 Å². The Balaban J connectivity index is 1.85. The van der Waals surface area contributed by atoms with Crippen molar-refractivity contribution in [2.45, 2.75) is 19.4 Å². The molecule has 20 heavy (non-hydrogen) atoms. The van der Waals surface area contributed by atoms with Gasteiger partial charge in [-0.1, -0.05) is 42.5 Å². The van der Waals surface area contributed by atoms with Gasteiger partial charge in [-0.3, -0.25) is 4.79 Å². The van der Waals surface area contributed by atoms with Crippen molar-refractivity contribution >= 4 is 11.8 Å². The van der Waals surface area contributed by atoms with Crippen LogP contribution in [0, 0.1) is 6.92 Å². The van der Waals surface area contributed by atoms with Gasteiger partial charge in [0, 0.05) is 11.1 Å². The van der Waals surface area contributed by atoms with E-state index < -0.39 is 6.10 Å². The van der Waals surface area contributed by atoms with Crippen LogP contribution in [0.2, 0.25) is 0 Å². The molecule has 3 nitrogen and oxygen atoms in total. The number of carbonyl (C=O) groups is 2. The average Bonchev–Trinajstić information content (AvgIpc) is 2.76. The summed E-state index contributed by atoms with van der Waals surface area (Å²) in [6.45, 7) is 1.90. The molecular weight excluding hydrogens is 252 g/mol. The highest BCUT2D eigenvalue weighted by Gasteiger charge is 2.32. The molecule has 2 aromatic carbocycles. The molecule has 0 bridgehead atoms. The Bertz CT molecular complexity index is 688. The Morgan fingerprint density at radius 2 is 1.80 bits per heavy atom. The summed E-state index contributed by atoms with van der Waals surface area (Å²) in [5.41, 5.74) is 3.00. The zero-order chi connectivity index (χ0) is 14.1. The van der Waals surface area contributed by atoms with E-state index in [1.165, 1.54) is 0 Å². The number of rotatable bonds is 3. The van der Waals surface area contributed by atoms with Crippen LogP contribution in [-0.4, -0.2) is 11.8 Å². The van der Waals surface area contributed by atoms with Crippen LogP contribution in [-0.2, 0) is 4.74 Å². The van der Waals surface area contributed by atoms with Crippen LogP contribution < -0.4 is 0 Å². The lowest BCUT2D eigenvalue weighted by molar-refractivity contribution is 0.0367. The fourth-order valence-electron chi connectivity index (χ4n) is 2.54. The third-order valence-electron chi connectivity index (χ3n) is 3.59. The molecule has 1 atom stereocenters. The third kappa shape index (κ3) is 2.11. The number of esters is 1. The van der Waals surface area contributed by atoms with Crippen LogP contribution in [0.4, 0.5) is 0 Å². The first kappa shape index (κ1) is 12.6. The van der Waals surface area contributed by atoms with Crippen LogP contribution in [0.3, 0.4) is 0 Å². The number of fused-ring (bicyclic) bond motifs is 1. The molecule has 1 heterocycles. The van der Waals surface area contributed by atoms with Crippen LogP contribution in [0.15, 0.2) is 48.5 Å². The molecule has 0 saturated carbocycles. The van der Waals surface area contributed by atoms with Crippen molar-refractivity contribution in [3.8, 4) is 0 Å². The Kier molecular flexibility index (Phi) is 3.11. The molecule has 0 aliphatic carbocycles. The summed E-state index contributed by atoms with van der Waals surface area (Å²) in [4.78, 5) is 24.1. The lowest BCUT2D eigenvalue weighted by Crippen LogP contribution is -2.08. The zero-order valence-corrected chi connectivity index (χ0v) is 11.1. The van der Waals surface area contributed by atoms with E-state index in [0.29, 0.717) is 11.1 Å². The number of Topliss-reactive ketones (excluding diaryl/α,β-unsaturated/α-hetero) is 1. The van der Waals surface area contributed by atoms with E-state index in [1.807, 2.05) is 37.3 Å². The maximum absolute atomic E-state index is 12.3. The number of hydrogen-bond donors (Lipinski definition) is 0. The maximum atomic E-state index is 12.3. The smallest absolute Gasteiger partial charge is 0.339 e. The van der Waals surface area contributed by atoms with Gasteiger partial charge in [0.15, 0.2) is 5.78 Å². The second-order valence-electron chi connectivity index (χ2n) is 4.92. The zero-order valence-electron chi connectivity index (χ0n) is 11.1. The topological polar surface area (TPSA) is 43.4 Å². The molecule has 0 spiro atoms. The average molecular weight is 266 g/mol. The second-order valence-corrected chi connectivity index (χ2v) is 4.92. The molecule has 0 aromatic heterocycles. The monoisotopic (exact) mass is 266 g/mol. The van der Waals surface area contributed by atoms with E-state index in [1.54, 1.807) is 18.2 Å². The first-order valence-electron chi connectivity index (χ1n) is 6.55. The molecule has 0 N–H and O–H groups in total. The quantitative estimate of drug-likeness (QED) is 0.631. The van der Waals surface area contributed by atoms with Gasteiger partial charge in [-0.25, -0.2) is 4.79 Å². The molecule has 3 rings (SSSR count). The minimum Gasteiger partial charge on any atom is -0.453 e. The summed E-state index contributed by atoms with van der Waals surface area (Å²) in [7, 11) is 0. The lowest BCUT2D eigenvalue weighted by Gasteiger charge is -2.11. The summed E-state index contributed by atoms with van der Waals surface area (Å²) in [6.07, 6.45) is -0.279. The fraction of sp³-hybridized carbons (Fsp3) is 0.176. The minimum atomic E-state index is -0.467. The van der Waals surface area contributed by atoms with Crippen LogP contribution >= 0.6 is 0 Å². The van der Waals surface area contributed by atoms with Crippen molar-refractivity contribution in [2.24, 2.45) is 0 Å². The van der Waals surface area contributed by atoms with E-state index >= 15 is 0 Å². The Labute approximate surface area is 117 Å². The van der Waals surface area contributed by atoms with Crippen molar-refractivity contribution in [3.63, 3.8) is 0 Å². The van der Waals surface area contributed by atoms with E-state index in [-0.39, 0.29) is 18.2 Å². The second kappa shape index (κ2) is 4.93. The molecule has 2 aromatic rings. The largest absolute Gasteiger partial charge is 0.453 e. The summed E-state index contributed by atoms with van der Waals surface area (Å²) < 4.78 is 5.30. The molecule has 0 saturated heterocycles. The highest BCUT2D eigenvalue weighted by atomic mass is 16.5. The number of ether oxygens (including phenoxy) is 1. The van der Waals surface area contributed by atoms with Gasteiger partial charge in [0.25, 0.3) is 0 Å². The maximum Gasteiger partial charge on any atom is 0.339 e. The van der Waals surface area contributed by atoms with E-state index in [9.17, 15) is 9.59 Å². The summed E-state index contributed by atoms with van der Waals surface area (Å²) in [5.74, 6) is -0.346. The van der Waals surface area contributed by atoms with E-state index in [0.717, 1.165) is 11.1 Å². The Morgan fingerprint density at radius 3 is 2.60 bits per heavy atom. The number of cyclic esters (lactones) is 1. The molecule has 3 heteroatoms. The van der Waals surface area contributed by atoms with Crippen molar-refractivity contribution < 1.29 is 14.3 Å². The van der Waals surface area contributed by atoms with Gasteiger partial charge in [0.2, 0.25) is 0 Å². The Hall–Kier alpha value is -2.42. The predicted octanol–water partition coefficient (Wildman–Crippen LogP) is 3.48. The summed E-state index contributed by atoms with van der Waals surface area (Å²) >= 11 is 0. The first-order valence-corrected chi connectivity index (χ1v) is 6.55. The third-order valence-corrected chi connectivity index (χ3v) is 3.59. The first-order chi connectivity index (χ1) is 9.66. The van der Waals surface area contributed by atoms with Gasteiger partial charge in [-0.15, -0.1) is 0 Å². The number of carbonyl (C=O) groups excluding carboxylic acids is 2. The molecule has 0 fully saturated rings. The molecule has 1 aliphatic heterocycles. The number of aryl methyl sites for hydroxylation is 1. The van der Waals surface area contributed by atoms with Crippen molar-refractivity contribution in [3.05, 3.63) is 70.8 Å². The molecule has 0 amide bonds. The Morgan fingerprint density at radius 1 is 1.10 bits per heavy atom. The van der Waals surface area contributed by atoms with E-state index in [4.69, 9.17) is 4.74 Å². The van der Waals surface area contributed by atoms with Crippen LogP contribution in [0.1, 0.15) is 44.4 Å². The molecular formula is C17H14O3. The number of ketones is 1. The predicted molar refractivity (Wildman–Crippen MR) is 74.7 cm³/mol. The van der Waals surface area contributed by atoms with Crippen molar-refractivity contribution in [1.82, 2.24) is 0 Å². The van der Waals surface area contributed by atoms with Gasteiger partial charge in [0.05, 0.1) is 12.0 Å². The number of benzene rings is 2. The SMILES string of the molecule is Cc1ccccc1C(=O)CC1OC(=O)c2ccccc21. The molecule has 100 valence electrons. The van der Waals surface area contributed by atoms with Gasteiger partial charge < -0.3 is 4.74 Å². The van der Waals surface area contributed by atoms with Crippen LogP contribution in [0.25, 0.3) is 0 Å². The number of hydrogen-bond acceptors (Lipinski definition) is 3. The summed E-state index contributed by atoms with van der Waals surface area (Å²) in [5, 5.41) is 0. The van der Waals surface area contributed by atoms with Gasteiger partial charge in [0.1, 0.15) is 6.10 Å². The van der Waals surface area contributed by atoms with Gasteiger partial charge in [-0.05, 0) is 18.6 Å². The molecule has 0 radical (unpaired) electrons. The van der Waals surface area contributed by atoms with Crippen molar-refractivity contribution in [2.75, 3.05) is 0 Å². The normalized spacial score (nSPS) is 16.6. The fourth-order valence-corrected chi connectivity index (χ4v) is 2.54. The van der Waals surface area contributed by atoms with E-state index in [2.05, 4.69) is 0 Å². The van der Waals surface area contributed by atoms with Gasteiger partial charge >= 0.3 is 5.97 Å². The highest BCUT2D eigenvalue weighted by molar-refractivity contribution is 5.99. The molecule has 1 aliphatic rings. The minimum absolute atomic E-state index is 0.00222. The van der Waals surface area contributed by atoms with Gasteiger partial charge in [-0.2, -0.15) is 0 Å². The lowest BCUT2D eigenvalue weighted by atomic mass is 9.96. The standard InChI is InChI=1S/C17H14O3/c1-11-6-2-3-7-12(11)15(18)10-16-13-8-4-5-9-14(13)17(19)20-16/h2-9,16H,10H2,1H3. The van der Waals surface area contributed by atoms with Crippen LogP contribution in [0.5, 0.6) is 0 Å². The molecule has 1 unspecified atom stereocenters. The highest BCUT2D eigenvalue weighted by Crippen LogP contribution is 2.33.